The number of aromatic amines is 1. The molecule has 1 aliphatic heterocycles. The van der Waals surface area contributed by atoms with Gasteiger partial charge in [-0.1, -0.05) is 66.7 Å². The lowest BCUT2D eigenvalue weighted by molar-refractivity contribution is -0.147. The minimum atomic E-state index is -0.951. The maximum Gasteiger partial charge on any atom is 0.252 e. The molecule has 3 amide bonds. The van der Waals surface area contributed by atoms with E-state index in [1.807, 2.05) is 66.9 Å². The fourth-order valence-electron chi connectivity index (χ4n) is 5.62. The summed E-state index contributed by atoms with van der Waals surface area (Å²) in [5.41, 5.74) is 3.65. The topological polar surface area (TPSA) is 107 Å². The van der Waals surface area contributed by atoms with Gasteiger partial charge in [0, 0.05) is 61.7 Å². The van der Waals surface area contributed by atoms with Crippen LogP contribution in [0.3, 0.4) is 0 Å². The number of nitrogens with zero attached hydrogens (tertiary/aromatic N) is 2. The van der Waals surface area contributed by atoms with Gasteiger partial charge in [-0.15, -0.1) is 0 Å². The molecule has 42 heavy (non-hydrogen) atoms. The number of ether oxygens (including phenoxy) is 1. The van der Waals surface area contributed by atoms with E-state index in [0.717, 1.165) is 35.1 Å². The maximum atomic E-state index is 14.1. The highest BCUT2D eigenvalue weighted by atomic mass is 16.5. The van der Waals surface area contributed by atoms with Crippen LogP contribution >= 0.6 is 0 Å². The molecule has 1 aromatic heterocycles. The molecule has 1 fully saturated rings. The Labute approximate surface area is 245 Å². The van der Waals surface area contributed by atoms with E-state index >= 15 is 0 Å². The molecule has 1 aliphatic rings. The van der Waals surface area contributed by atoms with Crippen LogP contribution in [-0.4, -0.2) is 71.8 Å². The standard InChI is InChI=1S/C33H37N5O4/c1-23(39)38(21-25-12-6-9-15-31(25)42-2)33(41)29(18-26-19-35-28-14-8-7-13-27(26)28)36-32(40)22-37-17-16-34-20-30(37)24-10-4-3-5-11-24/h3-15,19,29-30,34-35H,16-18,20-22H2,1-2H3,(H,36,40). The summed E-state index contributed by atoms with van der Waals surface area (Å²) in [6.07, 6.45) is 2.09. The summed E-state index contributed by atoms with van der Waals surface area (Å²) in [5, 5.41) is 7.38. The number of imide groups is 1. The number of H-pyrrole nitrogens is 1. The number of aromatic nitrogens is 1. The van der Waals surface area contributed by atoms with Crippen LogP contribution in [0.15, 0.2) is 85.1 Å². The Balaban J connectivity index is 1.40. The molecule has 4 aromatic rings. The average molecular weight is 568 g/mol. The normalized spacial score (nSPS) is 16.1. The fraction of sp³-hybridized carbons (Fsp3) is 0.303. The molecule has 3 aromatic carbocycles. The van der Waals surface area contributed by atoms with Gasteiger partial charge in [0.2, 0.25) is 11.8 Å². The molecule has 218 valence electrons. The third kappa shape index (κ3) is 6.70. The predicted molar refractivity (Wildman–Crippen MR) is 162 cm³/mol. The summed E-state index contributed by atoms with van der Waals surface area (Å²) >= 11 is 0. The van der Waals surface area contributed by atoms with Crippen molar-refractivity contribution >= 4 is 28.6 Å². The number of methoxy groups -OCH3 is 1. The summed E-state index contributed by atoms with van der Waals surface area (Å²) in [6.45, 7) is 3.72. The van der Waals surface area contributed by atoms with Crippen molar-refractivity contribution in [2.75, 3.05) is 33.3 Å². The van der Waals surface area contributed by atoms with Crippen LogP contribution < -0.4 is 15.4 Å². The minimum Gasteiger partial charge on any atom is -0.496 e. The lowest BCUT2D eigenvalue weighted by atomic mass is 10.0. The smallest absolute Gasteiger partial charge is 0.252 e. The largest absolute Gasteiger partial charge is 0.496 e. The van der Waals surface area contributed by atoms with Gasteiger partial charge in [-0.3, -0.25) is 24.2 Å². The second-order valence-corrected chi connectivity index (χ2v) is 10.5. The van der Waals surface area contributed by atoms with Crippen molar-refractivity contribution in [3.8, 4) is 5.75 Å². The summed E-state index contributed by atoms with van der Waals surface area (Å²) in [4.78, 5) is 47.1. The van der Waals surface area contributed by atoms with E-state index in [-0.39, 0.29) is 31.5 Å². The lowest BCUT2D eigenvalue weighted by Gasteiger charge is -2.36. The van der Waals surface area contributed by atoms with Crippen molar-refractivity contribution in [3.05, 3.63) is 102 Å². The molecule has 1 saturated heterocycles. The number of hydrogen-bond acceptors (Lipinski definition) is 6. The van der Waals surface area contributed by atoms with Gasteiger partial charge in [-0.2, -0.15) is 0 Å². The third-order valence-corrected chi connectivity index (χ3v) is 7.78. The second kappa shape index (κ2) is 13.5. The zero-order valence-corrected chi connectivity index (χ0v) is 24.0. The second-order valence-electron chi connectivity index (χ2n) is 10.5. The lowest BCUT2D eigenvalue weighted by Crippen LogP contribution is -2.54. The number of rotatable bonds is 10. The van der Waals surface area contributed by atoms with Gasteiger partial charge in [0.15, 0.2) is 0 Å². The van der Waals surface area contributed by atoms with E-state index in [9.17, 15) is 14.4 Å². The first-order chi connectivity index (χ1) is 20.4. The number of hydrogen-bond donors (Lipinski definition) is 3. The first-order valence-corrected chi connectivity index (χ1v) is 14.2. The number of fused-ring (bicyclic) bond motifs is 1. The maximum absolute atomic E-state index is 14.1. The average Bonchev–Trinajstić information content (AvgIpc) is 3.42. The zero-order chi connectivity index (χ0) is 29.5. The van der Waals surface area contributed by atoms with Gasteiger partial charge in [0.25, 0.3) is 5.91 Å². The number of amides is 3. The van der Waals surface area contributed by atoms with E-state index in [0.29, 0.717) is 17.9 Å². The first-order valence-electron chi connectivity index (χ1n) is 14.2. The molecule has 2 heterocycles. The zero-order valence-electron chi connectivity index (χ0n) is 24.0. The number of carbonyl (C=O) groups excluding carboxylic acids is 3. The van der Waals surface area contributed by atoms with Crippen LogP contribution in [0.1, 0.15) is 29.7 Å². The number of benzene rings is 3. The van der Waals surface area contributed by atoms with Crippen molar-refractivity contribution in [1.29, 1.82) is 0 Å². The molecule has 2 atom stereocenters. The Kier molecular flexibility index (Phi) is 9.31. The number of nitrogens with one attached hydrogen (secondary N) is 3. The van der Waals surface area contributed by atoms with Crippen molar-refractivity contribution in [1.82, 2.24) is 25.4 Å². The fourth-order valence-corrected chi connectivity index (χ4v) is 5.62. The van der Waals surface area contributed by atoms with Crippen molar-refractivity contribution in [2.24, 2.45) is 0 Å². The van der Waals surface area contributed by atoms with E-state index in [1.165, 1.54) is 11.8 Å². The summed E-state index contributed by atoms with van der Waals surface area (Å²) < 4.78 is 5.46. The molecular weight excluding hydrogens is 530 g/mol. The van der Waals surface area contributed by atoms with Crippen LogP contribution in [0.4, 0.5) is 0 Å². The van der Waals surface area contributed by atoms with Crippen LogP contribution in [0.25, 0.3) is 10.9 Å². The van der Waals surface area contributed by atoms with Gasteiger partial charge in [-0.05, 0) is 23.3 Å². The van der Waals surface area contributed by atoms with Crippen molar-refractivity contribution < 1.29 is 19.1 Å². The van der Waals surface area contributed by atoms with Crippen molar-refractivity contribution in [2.45, 2.75) is 32.0 Å². The number of carbonyl (C=O) groups is 3. The highest BCUT2D eigenvalue weighted by Crippen LogP contribution is 2.24. The number of piperazine rings is 1. The molecule has 0 aliphatic carbocycles. The summed E-state index contributed by atoms with van der Waals surface area (Å²) in [7, 11) is 1.55. The van der Waals surface area contributed by atoms with E-state index in [1.54, 1.807) is 13.2 Å². The van der Waals surface area contributed by atoms with Gasteiger partial charge in [0.05, 0.1) is 20.2 Å². The SMILES string of the molecule is COc1ccccc1CN(C(C)=O)C(=O)C(Cc1c[nH]c2ccccc12)NC(=O)CN1CCNCC1c1ccccc1. The molecular formula is C33H37N5O4. The van der Waals surface area contributed by atoms with Crippen molar-refractivity contribution in [3.63, 3.8) is 0 Å². The van der Waals surface area contributed by atoms with Gasteiger partial charge in [-0.25, -0.2) is 0 Å². The Bertz CT molecular complexity index is 1540. The molecule has 3 N–H and O–H groups in total. The van der Waals surface area contributed by atoms with E-state index < -0.39 is 17.9 Å². The summed E-state index contributed by atoms with van der Waals surface area (Å²) in [6, 6.07) is 24.3. The van der Waals surface area contributed by atoms with Crippen LogP contribution in [-0.2, 0) is 27.3 Å². The third-order valence-electron chi connectivity index (χ3n) is 7.78. The summed E-state index contributed by atoms with van der Waals surface area (Å²) in [5.74, 6) is -0.557. The number of para-hydroxylation sites is 2. The quantitative estimate of drug-likeness (QED) is 0.271. The van der Waals surface area contributed by atoms with E-state index in [2.05, 4.69) is 32.7 Å². The molecule has 0 bridgehead atoms. The Morgan fingerprint density at radius 2 is 1.74 bits per heavy atom. The van der Waals surface area contributed by atoms with Gasteiger partial charge < -0.3 is 20.4 Å². The first kappa shape index (κ1) is 29.0. The monoisotopic (exact) mass is 567 g/mol. The van der Waals surface area contributed by atoms with Crippen LogP contribution in [0, 0.1) is 0 Å². The molecule has 5 rings (SSSR count). The Morgan fingerprint density at radius 1 is 1.00 bits per heavy atom. The van der Waals surface area contributed by atoms with E-state index in [4.69, 9.17) is 4.74 Å². The minimum absolute atomic E-state index is 0.0340. The Morgan fingerprint density at radius 3 is 2.52 bits per heavy atom. The Hall–Kier alpha value is -4.47. The molecule has 0 spiro atoms. The van der Waals surface area contributed by atoms with Gasteiger partial charge in [0.1, 0.15) is 11.8 Å². The van der Waals surface area contributed by atoms with Crippen LogP contribution in [0.2, 0.25) is 0 Å². The van der Waals surface area contributed by atoms with Gasteiger partial charge >= 0.3 is 0 Å². The molecule has 0 radical (unpaired) electrons. The highest BCUT2D eigenvalue weighted by Gasteiger charge is 2.32. The molecule has 0 saturated carbocycles. The van der Waals surface area contributed by atoms with Crippen LogP contribution in [0.5, 0.6) is 5.75 Å². The molecule has 2 unspecified atom stereocenters. The highest BCUT2D eigenvalue weighted by molar-refractivity contribution is 5.99. The molecule has 9 heteroatoms. The predicted octanol–water partition coefficient (Wildman–Crippen LogP) is 3.43. The molecule has 9 nitrogen and oxygen atoms in total.